The van der Waals surface area contributed by atoms with E-state index in [0.29, 0.717) is 22.3 Å². The van der Waals surface area contributed by atoms with Gasteiger partial charge in [-0.3, -0.25) is 19.9 Å². The summed E-state index contributed by atoms with van der Waals surface area (Å²) in [4.78, 5) is 27.1. The highest BCUT2D eigenvalue weighted by Crippen LogP contribution is 2.34. The first-order valence-corrected chi connectivity index (χ1v) is 10.8. The summed E-state index contributed by atoms with van der Waals surface area (Å²) < 4.78 is 46.1. The van der Waals surface area contributed by atoms with Crippen LogP contribution in [0, 0.1) is 5.82 Å². The maximum atomic E-state index is 14.8. The molecule has 1 aliphatic rings. The average molecular weight is 447 g/mol. The molecule has 0 aliphatic carbocycles. The van der Waals surface area contributed by atoms with Crippen molar-refractivity contribution in [1.29, 1.82) is 0 Å². The van der Waals surface area contributed by atoms with Crippen molar-refractivity contribution >= 4 is 50.0 Å². The molecule has 0 spiro atoms. The van der Waals surface area contributed by atoms with Crippen LogP contribution in [0.25, 0.3) is 28.2 Å². The van der Waals surface area contributed by atoms with Crippen LogP contribution in [-0.2, 0) is 14.8 Å². The Bertz CT molecular complexity index is 1350. The quantitative estimate of drug-likeness (QED) is 0.612. The van der Waals surface area contributed by atoms with E-state index in [1.54, 1.807) is 6.07 Å². The fraction of sp³-hybridized carbons (Fsp3) is 0.105. The predicted molar refractivity (Wildman–Crippen MR) is 109 cm³/mol. The van der Waals surface area contributed by atoms with Gasteiger partial charge in [0.25, 0.3) is 11.1 Å². The molecule has 3 aromatic rings. The van der Waals surface area contributed by atoms with E-state index in [4.69, 9.17) is 4.42 Å². The third-order valence-electron chi connectivity index (χ3n) is 4.37. The predicted octanol–water partition coefficient (Wildman–Crippen LogP) is 3.21. The van der Waals surface area contributed by atoms with Crippen molar-refractivity contribution in [3.05, 3.63) is 53.1 Å². The fourth-order valence-corrected chi connectivity index (χ4v) is 4.46. The average Bonchev–Trinajstić information content (AvgIpc) is 3.23. The second kappa shape index (κ2) is 7.35. The van der Waals surface area contributed by atoms with Crippen molar-refractivity contribution in [2.45, 2.75) is 4.90 Å². The minimum absolute atomic E-state index is 0.113. The van der Waals surface area contributed by atoms with E-state index in [0.717, 1.165) is 22.1 Å². The largest absolute Gasteiger partial charge is 0.456 e. The first-order valence-electron chi connectivity index (χ1n) is 8.51. The lowest BCUT2D eigenvalue weighted by Crippen LogP contribution is -2.22. The summed E-state index contributed by atoms with van der Waals surface area (Å²) in [5, 5.41) is 2.23. The van der Waals surface area contributed by atoms with Crippen molar-refractivity contribution in [1.82, 2.24) is 14.6 Å². The van der Waals surface area contributed by atoms with Gasteiger partial charge >= 0.3 is 0 Å². The van der Waals surface area contributed by atoms with Gasteiger partial charge in [-0.2, -0.15) is 0 Å². The Morgan fingerprint density at radius 2 is 1.93 bits per heavy atom. The summed E-state index contributed by atoms with van der Waals surface area (Å²) in [6, 6.07) is 5.21. The standard InChI is InChI=1S/C19H14FN3O5S2/c1-23(2)30(26,27)12-3-4-13(15(20)7-12)14-9-21-8-10-5-11(28-17(10)14)6-16-18(24)22-19(25)29-16/h3-9H,1-2H3,(H,22,24,25)/b16-6+. The lowest BCUT2D eigenvalue weighted by Gasteiger charge is -2.12. The van der Waals surface area contributed by atoms with E-state index < -0.39 is 27.0 Å². The third kappa shape index (κ3) is 3.51. The number of carbonyl (C=O) groups excluding carboxylic acids is 2. The number of carbonyl (C=O) groups is 2. The maximum absolute atomic E-state index is 14.8. The normalized spacial score (nSPS) is 16.1. The lowest BCUT2D eigenvalue weighted by atomic mass is 10.1. The number of aromatic nitrogens is 1. The van der Waals surface area contributed by atoms with Crippen LogP contribution in [0.3, 0.4) is 0 Å². The summed E-state index contributed by atoms with van der Waals surface area (Å²) in [5.74, 6) is -0.980. The molecule has 1 aliphatic heterocycles. The van der Waals surface area contributed by atoms with Gasteiger partial charge in [-0.25, -0.2) is 17.1 Å². The topological polar surface area (TPSA) is 110 Å². The van der Waals surface area contributed by atoms with Gasteiger partial charge in [-0.05, 0) is 36.0 Å². The highest BCUT2D eigenvalue weighted by atomic mass is 32.2. The Morgan fingerprint density at radius 3 is 2.57 bits per heavy atom. The number of fused-ring (bicyclic) bond motifs is 1. The molecule has 1 N–H and O–H groups in total. The van der Waals surface area contributed by atoms with Crippen LogP contribution in [0.5, 0.6) is 0 Å². The number of imide groups is 1. The molecule has 0 radical (unpaired) electrons. The van der Waals surface area contributed by atoms with Crippen molar-refractivity contribution in [3.63, 3.8) is 0 Å². The molecule has 2 aromatic heterocycles. The van der Waals surface area contributed by atoms with Crippen LogP contribution >= 0.6 is 11.8 Å². The first-order chi connectivity index (χ1) is 14.2. The minimum atomic E-state index is -3.78. The molecule has 4 rings (SSSR count). The van der Waals surface area contributed by atoms with Crippen LogP contribution in [0.4, 0.5) is 9.18 Å². The molecule has 1 fully saturated rings. The molecule has 2 amide bonds. The highest BCUT2D eigenvalue weighted by Gasteiger charge is 2.26. The number of sulfonamides is 1. The number of furan rings is 1. The number of benzene rings is 1. The van der Waals surface area contributed by atoms with E-state index in [1.807, 2.05) is 0 Å². The van der Waals surface area contributed by atoms with Crippen LogP contribution < -0.4 is 5.32 Å². The van der Waals surface area contributed by atoms with E-state index in [9.17, 15) is 22.4 Å². The Kier molecular flexibility index (Phi) is 4.96. The van der Waals surface area contributed by atoms with Gasteiger partial charge < -0.3 is 4.42 Å². The summed E-state index contributed by atoms with van der Waals surface area (Å²) in [5.41, 5.74) is 0.749. The van der Waals surface area contributed by atoms with Gasteiger partial charge in [-0.15, -0.1) is 0 Å². The number of rotatable bonds is 4. The third-order valence-corrected chi connectivity index (χ3v) is 6.99. The van der Waals surface area contributed by atoms with E-state index >= 15 is 0 Å². The second-order valence-electron chi connectivity index (χ2n) is 6.54. The Morgan fingerprint density at radius 1 is 1.17 bits per heavy atom. The van der Waals surface area contributed by atoms with Crippen molar-refractivity contribution in [2.75, 3.05) is 14.1 Å². The zero-order valence-corrected chi connectivity index (χ0v) is 17.3. The zero-order valence-electron chi connectivity index (χ0n) is 15.7. The highest BCUT2D eigenvalue weighted by molar-refractivity contribution is 8.18. The minimum Gasteiger partial charge on any atom is -0.456 e. The van der Waals surface area contributed by atoms with Crippen LogP contribution in [0.2, 0.25) is 0 Å². The van der Waals surface area contributed by atoms with Crippen molar-refractivity contribution in [3.8, 4) is 11.1 Å². The van der Waals surface area contributed by atoms with Gasteiger partial charge in [0.15, 0.2) is 0 Å². The smallest absolute Gasteiger partial charge is 0.290 e. The van der Waals surface area contributed by atoms with Gasteiger partial charge in [-0.1, -0.05) is 0 Å². The Balaban J connectivity index is 1.79. The number of halogens is 1. The number of hydrogen-bond donors (Lipinski definition) is 1. The van der Waals surface area contributed by atoms with Crippen LogP contribution in [-0.4, -0.2) is 42.9 Å². The summed E-state index contributed by atoms with van der Waals surface area (Å²) >= 11 is 0.753. The molecule has 3 heterocycles. The van der Waals surface area contributed by atoms with Gasteiger partial charge in [0.2, 0.25) is 10.0 Å². The summed E-state index contributed by atoms with van der Waals surface area (Å²) in [6.07, 6.45) is 4.33. The maximum Gasteiger partial charge on any atom is 0.290 e. The molecular weight excluding hydrogens is 433 g/mol. The number of thioether (sulfide) groups is 1. The molecule has 11 heteroatoms. The molecular formula is C19H14FN3O5S2. The number of amides is 2. The zero-order chi connectivity index (χ0) is 21.6. The number of pyridine rings is 1. The molecule has 0 unspecified atom stereocenters. The van der Waals surface area contributed by atoms with Crippen molar-refractivity contribution in [2.24, 2.45) is 0 Å². The molecule has 30 heavy (non-hydrogen) atoms. The molecule has 8 nitrogen and oxygen atoms in total. The molecule has 0 bridgehead atoms. The lowest BCUT2D eigenvalue weighted by molar-refractivity contribution is -0.115. The molecule has 0 saturated carbocycles. The molecule has 1 aromatic carbocycles. The monoisotopic (exact) mass is 447 g/mol. The second-order valence-corrected chi connectivity index (χ2v) is 9.70. The van der Waals surface area contributed by atoms with Gasteiger partial charge in [0.05, 0.1) is 9.80 Å². The number of nitrogens with one attached hydrogen (secondary N) is 1. The van der Waals surface area contributed by atoms with Crippen molar-refractivity contribution < 1.29 is 26.8 Å². The SMILES string of the molecule is CN(C)S(=O)(=O)c1ccc(-c2cncc3cc(/C=C4/SC(=O)NC4=O)oc23)c(F)c1. The molecule has 0 atom stereocenters. The van der Waals surface area contributed by atoms with Gasteiger partial charge in [0, 0.05) is 49.1 Å². The molecule has 1 saturated heterocycles. The Labute approximate surface area is 174 Å². The number of hydrogen-bond acceptors (Lipinski definition) is 7. The number of nitrogens with zero attached hydrogens (tertiary/aromatic N) is 2. The first kappa shape index (κ1) is 20.3. The van der Waals surface area contributed by atoms with Crippen LogP contribution in [0.15, 0.2) is 50.9 Å². The Hall–Kier alpha value is -3.02. The molecule has 154 valence electrons. The van der Waals surface area contributed by atoms with E-state index in [2.05, 4.69) is 10.3 Å². The fourth-order valence-electron chi connectivity index (χ4n) is 2.88. The van der Waals surface area contributed by atoms with E-state index in [-0.39, 0.29) is 15.4 Å². The summed E-state index contributed by atoms with van der Waals surface area (Å²) in [6.45, 7) is 0. The van der Waals surface area contributed by atoms with Gasteiger partial charge in [0.1, 0.15) is 17.2 Å². The van der Waals surface area contributed by atoms with E-state index in [1.165, 1.54) is 44.7 Å². The van der Waals surface area contributed by atoms with Crippen LogP contribution in [0.1, 0.15) is 5.76 Å². The summed E-state index contributed by atoms with van der Waals surface area (Å²) in [7, 11) is -1.06.